The molecule has 0 aromatic carbocycles. The molecule has 1 aromatic rings. The van der Waals surface area contributed by atoms with E-state index in [2.05, 4.69) is 18.1 Å². The summed E-state index contributed by atoms with van der Waals surface area (Å²) >= 11 is 0. The molecule has 1 aliphatic heterocycles. The van der Waals surface area contributed by atoms with Crippen LogP contribution in [-0.4, -0.2) is 47.9 Å². The van der Waals surface area contributed by atoms with E-state index in [1.807, 2.05) is 27.7 Å². The Hall–Kier alpha value is -1.22. The van der Waals surface area contributed by atoms with Crippen LogP contribution in [0.2, 0.25) is 13.1 Å². The van der Waals surface area contributed by atoms with Gasteiger partial charge in [0.1, 0.15) is 11.5 Å². The van der Waals surface area contributed by atoms with Gasteiger partial charge in [-0.05, 0) is 27.7 Å². The summed E-state index contributed by atoms with van der Waals surface area (Å²) in [7, 11) is -1.65. The molecule has 1 aromatic heterocycles. The van der Waals surface area contributed by atoms with Gasteiger partial charge in [-0.3, -0.25) is 14.3 Å². The monoisotopic (exact) mass is 370 g/mol. The fraction of sp³-hybridized carbons (Fsp3) is 0.765. The number of aryl methyl sites for hydroxylation is 1. The van der Waals surface area contributed by atoms with Crippen LogP contribution in [0.15, 0.2) is 15.8 Å². The molecule has 25 heavy (non-hydrogen) atoms. The maximum atomic E-state index is 12.5. The highest BCUT2D eigenvalue weighted by molar-refractivity contribution is 6.58. The Labute approximate surface area is 149 Å². The molecule has 4 atom stereocenters. The first-order valence-electron chi connectivity index (χ1n) is 8.73. The number of aliphatic hydroxyl groups is 1. The third-order valence-corrected chi connectivity index (χ3v) is 7.48. The summed E-state index contributed by atoms with van der Waals surface area (Å²) in [5.41, 5.74) is -0.819. The van der Waals surface area contributed by atoms with Crippen molar-refractivity contribution in [2.75, 3.05) is 6.61 Å². The molecule has 1 fully saturated rings. The van der Waals surface area contributed by atoms with E-state index in [9.17, 15) is 14.7 Å². The van der Waals surface area contributed by atoms with Gasteiger partial charge in [0.05, 0.1) is 27.1 Å². The van der Waals surface area contributed by atoms with Gasteiger partial charge in [-0.2, -0.15) is 0 Å². The molecule has 2 N–H and O–H groups in total. The van der Waals surface area contributed by atoms with Crippen LogP contribution < -0.4 is 11.2 Å². The van der Waals surface area contributed by atoms with Crippen LogP contribution in [0.3, 0.4) is 0 Å². The maximum Gasteiger partial charge on any atom is 0.330 e. The van der Waals surface area contributed by atoms with E-state index >= 15 is 0 Å². The van der Waals surface area contributed by atoms with Crippen LogP contribution in [0.4, 0.5) is 0 Å². The van der Waals surface area contributed by atoms with Crippen molar-refractivity contribution >= 4 is 8.80 Å². The lowest BCUT2D eigenvalue weighted by atomic mass is 10.0. The summed E-state index contributed by atoms with van der Waals surface area (Å²) < 4.78 is 13.6. The van der Waals surface area contributed by atoms with Gasteiger partial charge in [0, 0.05) is 17.7 Å². The molecular weight excluding hydrogens is 340 g/mol. The predicted octanol–water partition coefficient (Wildman–Crippen LogP) is 0.735. The highest BCUT2D eigenvalue weighted by atomic mass is 28.3. The van der Waals surface area contributed by atoms with E-state index in [1.54, 1.807) is 13.1 Å². The van der Waals surface area contributed by atoms with E-state index < -0.39 is 37.6 Å². The van der Waals surface area contributed by atoms with Crippen LogP contribution in [0.25, 0.3) is 0 Å². The first-order chi connectivity index (χ1) is 11.4. The van der Waals surface area contributed by atoms with Crippen molar-refractivity contribution in [3.8, 4) is 0 Å². The van der Waals surface area contributed by atoms with Crippen molar-refractivity contribution in [1.29, 1.82) is 0 Å². The lowest BCUT2D eigenvalue weighted by Gasteiger charge is -2.38. The van der Waals surface area contributed by atoms with Gasteiger partial charge in [-0.25, -0.2) is 4.79 Å². The van der Waals surface area contributed by atoms with Gasteiger partial charge in [-0.1, -0.05) is 20.0 Å². The van der Waals surface area contributed by atoms with Gasteiger partial charge < -0.3 is 14.6 Å². The van der Waals surface area contributed by atoms with Crippen molar-refractivity contribution in [2.45, 2.75) is 70.9 Å². The van der Waals surface area contributed by atoms with E-state index in [1.165, 1.54) is 4.57 Å². The van der Waals surface area contributed by atoms with Gasteiger partial charge in [0.25, 0.3) is 5.56 Å². The molecule has 7 nitrogen and oxygen atoms in total. The number of aromatic nitrogens is 2. The van der Waals surface area contributed by atoms with Crippen LogP contribution in [0.5, 0.6) is 0 Å². The highest BCUT2D eigenvalue weighted by Crippen LogP contribution is 2.42. The zero-order chi connectivity index (χ0) is 19.2. The van der Waals surface area contributed by atoms with Crippen molar-refractivity contribution in [3.05, 3.63) is 32.6 Å². The maximum absolute atomic E-state index is 12.5. The minimum atomic E-state index is -1.65. The van der Waals surface area contributed by atoms with Gasteiger partial charge >= 0.3 is 5.69 Å². The summed E-state index contributed by atoms with van der Waals surface area (Å²) in [6.07, 6.45) is 0.268. The van der Waals surface area contributed by atoms with Gasteiger partial charge in [0.15, 0.2) is 0 Å². The second-order valence-electron chi connectivity index (χ2n) is 8.21. The normalized spacial score (nSPS) is 30.2. The molecule has 0 spiro atoms. The molecule has 1 saturated heterocycles. The predicted molar refractivity (Wildman–Crippen MR) is 98.7 cm³/mol. The SMILES string of the molecule is Cc1cn([C@]2([SiH](C)C)O[C@H](COC(C)(C)C)[C@@H](O)C2C)c(=O)[nH]c1=O. The van der Waals surface area contributed by atoms with Gasteiger partial charge in [0.2, 0.25) is 0 Å². The Morgan fingerprint density at radius 3 is 2.52 bits per heavy atom. The first kappa shape index (κ1) is 20.1. The first-order valence-corrected chi connectivity index (χ1v) is 11.6. The standard InChI is InChI=1S/C17H30N2O5Si/c1-10-8-19(15(22)18-14(10)21)17(25(6)7)11(2)13(20)12(24-17)9-23-16(3,4)5/h8,11-13,20,25H,9H2,1-7H3,(H,18,21,22)/t11?,12-,13+,17+/m1/s1. The third-order valence-electron chi connectivity index (χ3n) is 4.89. The fourth-order valence-corrected chi connectivity index (χ4v) is 5.94. The molecule has 2 heterocycles. The number of aromatic amines is 1. The van der Waals surface area contributed by atoms with E-state index in [4.69, 9.17) is 9.47 Å². The van der Waals surface area contributed by atoms with E-state index in [0.29, 0.717) is 5.56 Å². The molecule has 1 aliphatic rings. The largest absolute Gasteiger partial charge is 0.390 e. The molecule has 142 valence electrons. The average molecular weight is 371 g/mol. The quantitative estimate of drug-likeness (QED) is 0.763. The zero-order valence-corrected chi connectivity index (χ0v) is 17.3. The molecule has 0 bridgehead atoms. The minimum Gasteiger partial charge on any atom is -0.390 e. The van der Waals surface area contributed by atoms with Gasteiger partial charge in [-0.15, -0.1) is 0 Å². The molecule has 0 saturated carbocycles. The number of hydrogen-bond donors (Lipinski definition) is 2. The number of H-pyrrole nitrogens is 1. The van der Waals surface area contributed by atoms with Crippen molar-refractivity contribution in [1.82, 2.24) is 9.55 Å². The summed E-state index contributed by atoms with van der Waals surface area (Å²) in [4.78, 5) is 26.6. The van der Waals surface area contributed by atoms with Crippen LogP contribution in [-0.2, 0) is 14.8 Å². The van der Waals surface area contributed by atoms with Crippen molar-refractivity contribution < 1.29 is 14.6 Å². The van der Waals surface area contributed by atoms with Crippen LogP contribution >= 0.6 is 0 Å². The fourth-order valence-electron chi connectivity index (χ4n) is 3.49. The third kappa shape index (κ3) is 3.67. The minimum absolute atomic E-state index is 0.245. The second kappa shape index (κ2) is 6.83. The lowest BCUT2D eigenvalue weighted by molar-refractivity contribution is -0.116. The molecule has 0 aliphatic carbocycles. The summed E-state index contributed by atoms with van der Waals surface area (Å²) in [5.74, 6) is -0.296. The summed E-state index contributed by atoms with van der Waals surface area (Å²) in [5, 5.41) is 9.83. The number of hydrogen-bond acceptors (Lipinski definition) is 5. The van der Waals surface area contributed by atoms with Crippen molar-refractivity contribution in [3.63, 3.8) is 0 Å². The average Bonchev–Trinajstić information content (AvgIpc) is 2.74. The Morgan fingerprint density at radius 2 is 2.00 bits per heavy atom. The Morgan fingerprint density at radius 1 is 1.40 bits per heavy atom. The molecular formula is C17H30N2O5Si. The molecule has 8 heteroatoms. The van der Waals surface area contributed by atoms with Crippen LogP contribution in [0, 0.1) is 12.8 Å². The van der Waals surface area contributed by atoms with E-state index in [0.717, 1.165) is 0 Å². The molecule has 1 unspecified atom stereocenters. The molecule has 0 radical (unpaired) electrons. The number of nitrogens with zero attached hydrogens (tertiary/aromatic N) is 1. The zero-order valence-electron chi connectivity index (χ0n) is 16.1. The van der Waals surface area contributed by atoms with Crippen molar-refractivity contribution in [2.24, 2.45) is 5.92 Å². The number of rotatable bonds is 4. The topological polar surface area (TPSA) is 93.6 Å². The summed E-state index contributed by atoms with van der Waals surface area (Å²) in [6.45, 7) is 13.8. The highest BCUT2D eigenvalue weighted by Gasteiger charge is 2.56. The Kier molecular flexibility index (Phi) is 5.49. The Balaban J connectivity index is 2.49. The van der Waals surface area contributed by atoms with E-state index in [-0.39, 0.29) is 18.1 Å². The smallest absolute Gasteiger partial charge is 0.330 e. The molecule has 0 amide bonds. The number of ether oxygens (including phenoxy) is 2. The second-order valence-corrected chi connectivity index (χ2v) is 11.3. The lowest BCUT2D eigenvalue weighted by Crippen LogP contribution is -2.55. The summed E-state index contributed by atoms with van der Waals surface area (Å²) in [6, 6.07) is 0. The number of aliphatic hydroxyl groups excluding tert-OH is 1. The Bertz CT molecular complexity index is 736. The number of nitrogens with one attached hydrogen (secondary N) is 1. The van der Waals surface area contributed by atoms with Crippen LogP contribution in [0.1, 0.15) is 33.3 Å². The molecule has 2 rings (SSSR count).